The van der Waals surface area contributed by atoms with Crippen molar-refractivity contribution in [3.63, 3.8) is 0 Å². The van der Waals surface area contributed by atoms with E-state index in [2.05, 4.69) is 24.7 Å². The third kappa shape index (κ3) is 6.53. The number of benzene rings is 2. The van der Waals surface area contributed by atoms with Crippen LogP contribution in [0, 0.1) is 0 Å². The van der Waals surface area contributed by atoms with Gasteiger partial charge >= 0.3 is 0 Å². The molecule has 5 nitrogen and oxygen atoms in total. The van der Waals surface area contributed by atoms with E-state index in [0.29, 0.717) is 12.1 Å². The highest BCUT2D eigenvalue weighted by atomic mass is 16.2. The second kappa shape index (κ2) is 10.2. The SMILES string of the molecule is C[NH+](C)CCCNC(=O)/C(=C/c1ccccc1)NC(=O)c1ccccc1. The topological polar surface area (TPSA) is 62.6 Å². The summed E-state index contributed by atoms with van der Waals surface area (Å²) < 4.78 is 0. The normalized spacial score (nSPS) is 11.3. The third-order valence-electron chi connectivity index (χ3n) is 3.78. The first kappa shape index (κ1) is 19.4. The van der Waals surface area contributed by atoms with Crippen LogP contribution in [0.3, 0.4) is 0 Å². The second-order valence-electron chi connectivity index (χ2n) is 6.36. The average molecular weight is 352 g/mol. The molecule has 3 N–H and O–H groups in total. The first-order valence-corrected chi connectivity index (χ1v) is 8.76. The number of quaternary nitrogens is 1. The molecule has 2 amide bonds. The van der Waals surface area contributed by atoms with Crippen molar-refractivity contribution >= 4 is 17.9 Å². The third-order valence-corrected chi connectivity index (χ3v) is 3.78. The van der Waals surface area contributed by atoms with Crippen molar-refractivity contribution < 1.29 is 14.5 Å². The zero-order chi connectivity index (χ0) is 18.8. The number of carbonyl (C=O) groups excluding carboxylic acids is 2. The Kier molecular flexibility index (Phi) is 7.58. The van der Waals surface area contributed by atoms with Gasteiger partial charge in [-0.05, 0) is 23.8 Å². The van der Waals surface area contributed by atoms with Crippen molar-refractivity contribution in [2.45, 2.75) is 6.42 Å². The minimum absolute atomic E-state index is 0.238. The number of hydrogen-bond donors (Lipinski definition) is 3. The fourth-order valence-electron chi connectivity index (χ4n) is 2.40. The molecule has 26 heavy (non-hydrogen) atoms. The Morgan fingerprint density at radius 2 is 1.58 bits per heavy atom. The van der Waals surface area contributed by atoms with Crippen LogP contribution in [0.15, 0.2) is 66.4 Å². The van der Waals surface area contributed by atoms with Gasteiger partial charge in [-0.3, -0.25) is 9.59 Å². The summed E-state index contributed by atoms with van der Waals surface area (Å²) in [6.07, 6.45) is 2.56. The molecule has 0 heterocycles. The van der Waals surface area contributed by atoms with Gasteiger partial charge in [-0.15, -0.1) is 0 Å². The van der Waals surface area contributed by atoms with Crippen LogP contribution >= 0.6 is 0 Å². The van der Waals surface area contributed by atoms with Crippen LogP contribution in [0.4, 0.5) is 0 Å². The van der Waals surface area contributed by atoms with Gasteiger partial charge in [0.2, 0.25) is 0 Å². The molecule has 0 aliphatic heterocycles. The highest BCUT2D eigenvalue weighted by molar-refractivity contribution is 6.05. The van der Waals surface area contributed by atoms with Crippen molar-refractivity contribution in [1.29, 1.82) is 0 Å². The first-order valence-electron chi connectivity index (χ1n) is 8.76. The van der Waals surface area contributed by atoms with Crippen molar-refractivity contribution in [1.82, 2.24) is 10.6 Å². The van der Waals surface area contributed by atoms with Crippen molar-refractivity contribution in [2.75, 3.05) is 27.2 Å². The molecule has 2 aromatic carbocycles. The van der Waals surface area contributed by atoms with Crippen LogP contribution in [0.2, 0.25) is 0 Å². The molecule has 0 bridgehead atoms. The van der Waals surface area contributed by atoms with Crippen LogP contribution in [0.25, 0.3) is 6.08 Å². The maximum Gasteiger partial charge on any atom is 0.267 e. The summed E-state index contributed by atoms with van der Waals surface area (Å²) in [5, 5.41) is 5.62. The Hall–Kier alpha value is -2.92. The molecule has 136 valence electrons. The Morgan fingerprint density at radius 3 is 2.19 bits per heavy atom. The molecule has 0 fully saturated rings. The standard InChI is InChI=1S/C21H25N3O2/c1-24(2)15-9-14-22-21(26)19(16-17-10-5-3-6-11-17)23-20(25)18-12-7-4-8-13-18/h3-8,10-13,16H,9,14-15H2,1-2H3,(H,22,26)(H,23,25)/p+1/b19-16-. The summed E-state index contributed by atoms with van der Waals surface area (Å²) in [7, 11) is 4.14. The van der Waals surface area contributed by atoms with E-state index in [-0.39, 0.29) is 17.5 Å². The Bertz CT molecular complexity index is 740. The molecular weight excluding hydrogens is 326 g/mol. The molecule has 0 radical (unpaired) electrons. The Morgan fingerprint density at radius 1 is 0.962 bits per heavy atom. The van der Waals surface area contributed by atoms with Crippen LogP contribution in [0.1, 0.15) is 22.3 Å². The molecule has 0 saturated carbocycles. The predicted molar refractivity (Wildman–Crippen MR) is 104 cm³/mol. The number of hydrogen-bond acceptors (Lipinski definition) is 2. The minimum Gasteiger partial charge on any atom is -0.351 e. The number of amides is 2. The average Bonchev–Trinajstić information content (AvgIpc) is 2.66. The summed E-state index contributed by atoms with van der Waals surface area (Å²) in [5.41, 5.74) is 1.60. The van der Waals surface area contributed by atoms with Gasteiger partial charge in [0.15, 0.2) is 0 Å². The van der Waals surface area contributed by atoms with Crippen molar-refractivity contribution in [3.8, 4) is 0 Å². The zero-order valence-electron chi connectivity index (χ0n) is 15.3. The summed E-state index contributed by atoms with van der Waals surface area (Å²) >= 11 is 0. The number of carbonyl (C=O) groups is 2. The van der Waals surface area contributed by atoms with Crippen LogP contribution in [0.5, 0.6) is 0 Å². The van der Waals surface area contributed by atoms with Gasteiger partial charge in [0, 0.05) is 18.5 Å². The highest BCUT2D eigenvalue weighted by Gasteiger charge is 2.14. The molecule has 0 unspecified atom stereocenters. The van der Waals surface area contributed by atoms with Gasteiger partial charge < -0.3 is 15.5 Å². The quantitative estimate of drug-likeness (QED) is 0.492. The smallest absolute Gasteiger partial charge is 0.267 e. The second-order valence-corrected chi connectivity index (χ2v) is 6.36. The molecule has 0 spiro atoms. The summed E-state index contributed by atoms with van der Waals surface area (Å²) in [6.45, 7) is 1.53. The lowest BCUT2D eigenvalue weighted by Gasteiger charge is -2.12. The summed E-state index contributed by atoms with van der Waals surface area (Å²) in [6, 6.07) is 18.3. The van der Waals surface area contributed by atoms with Gasteiger partial charge in [0.1, 0.15) is 5.70 Å². The molecule has 0 saturated heterocycles. The molecule has 2 aromatic rings. The lowest BCUT2D eigenvalue weighted by molar-refractivity contribution is -0.858. The zero-order valence-corrected chi connectivity index (χ0v) is 15.3. The molecule has 2 rings (SSSR count). The molecule has 0 aliphatic rings. The molecule has 0 aliphatic carbocycles. The number of rotatable bonds is 8. The van der Waals surface area contributed by atoms with E-state index in [1.54, 1.807) is 30.3 Å². The maximum atomic E-state index is 12.6. The van der Waals surface area contributed by atoms with E-state index in [1.807, 2.05) is 36.4 Å². The van der Waals surface area contributed by atoms with Gasteiger partial charge in [-0.1, -0.05) is 48.5 Å². The summed E-state index contributed by atoms with van der Waals surface area (Å²) in [5.74, 6) is -0.590. The molecule has 5 heteroatoms. The van der Waals surface area contributed by atoms with E-state index < -0.39 is 0 Å². The van der Waals surface area contributed by atoms with Gasteiger partial charge in [0.25, 0.3) is 11.8 Å². The molecule has 0 aromatic heterocycles. The van der Waals surface area contributed by atoms with E-state index >= 15 is 0 Å². The lowest BCUT2D eigenvalue weighted by atomic mass is 10.1. The first-order chi connectivity index (χ1) is 12.6. The molecular formula is C21H26N3O2+. The van der Waals surface area contributed by atoms with Crippen LogP contribution in [-0.2, 0) is 4.79 Å². The van der Waals surface area contributed by atoms with E-state index in [0.717, 1.165) is 18.5 Å². The predicted octanol–water partition coefficient (Wildman–Crippen LogP) is 1.11. The Balaban J connectivity index is 2.10. The van der Waals surface area contributed by atoms with Gasteiger partial charge in [0.05, 0.1) is 20.6 Å². The Labute approximate surface area is 154 Å². The van der Waals surface area contributed by atoms with E-state index in [1.165, 1.54) is 4.90 Å². The largest absolute Gasteiger partial charge is 0.351 e. The van der Waals surface area contributed by atoms with E-state index in [4.69, 9.17) is 0 Å². The maximum absolute atomic E-state index is 12.6. The van der Waals surface area contributed by atoms with Crippen LogP contribution < -0.4 is 15.5 Å². The van der Waals surface area contributed by atoms with Crippen LogP contribution in [-0.4, -0.2) is 39.0 Å². The summed E-state index contributed by atoms with van der Waals surface area (Å²) in [4.78, 5) is 26.3. The highest BCUT2D eigenvalue weighted by Crippen LogP contribution is 2.07. The van der Waals surface area contributed by atoms with Crippen molar-refractivity contribution in [3.05, 3.63) is 77.5 Å². The molecule has 0 atom stereocenters. The van der Waals surface area contributed by atoms with Gasteiger partial charge in [-0.2, -0.15) is 0 Å². The lowest BCUT2D eigenvalue weighted by Crippen LogP contribution is -3.05. The van der Waals surface area contributed by atoms with Crippen molar-refractivity contribution in [2.24, 2.45) is 0 Å². The monoisotopic (exact) mass is 352 g/mol. The fraction of sp³-hybridized carbons (Fsp3) is 0.238. The fourth-order valence-corrected chi connectivity index (χ4v) is 2.40. The minimum atomic E-state index is -0.305. The van der Waals surface area contributed by atoms with Gasteiger partial charge in [-0.25, -0.2) is 0 Å². The number of nitrogens with one attached hydrogen (secondary N) is 3. The van der Waals surface area contributed by atoms with E-state index in [9.17, 15) is 9.59 Å².